The number of hydrogen-bond acceptors (Lipinski definition) is 5. The molecule has 0 saturated carbocycles. The fourth-order valence-electron chi connectivity index (χ4n) is 3.88. The molecule has 0 spiro atoms. The highest BCUT2D eigenvalue weighted by molar-refractivity contribution is 7.17. The minimum Gasteiger partial charge on any atom is -0.457 e. The van der Waals surface area contributed by atoms with E-state index < -0.39 is 0 Å². The van der Waals surface area contributed by atoms with E-state index >= 15 is 0 Å². The lowest BCUT2D eigenvalue weighted by Crippen LogP contribution is -2.18. The van der Waals surface area contributed by atoms with Gasteiger partial charge in [0, 0.05) is 22.3 Å². The topological polar surface area (TPSA) is 55.6 Å². The Hall–Kier alpha value is -3.12. The van der Waals surface area contributed by atoms with Crippen molar-refractivity contribution in [3.05, 3.63) is 86.8 Å². The van der Waals surface area contributed by atoms with E-state index in [0.717, 1.165) is 52.7 Å². The average molecular weight is 418 g/mol. The van der Waals surface area contributed by atoms with Crippen LogP contribution >= 0.6 is 11.3 Å². The van der Waals surface area contributed by atoms with E-state index in [2.05, 4.69) is 5.32 Å². The lowest BCUT2D eigenvalue weighted by atomic mass is 10.0. The van der Waals surface area contributed by atoms with Gasteiger partial charge in [-0.1, -0.05) is 12.1 Å². The molecule has 2 heterocycles. The fraction of sp³-hybridized carbons (Fsp3) is 0.250. The SMILES string of the molecule is Cc1cccc(Oc2ccc(NCc3cc(=O)n4c5c(sc4n3)CCCC5)cc2)c1. The van der Waals surface area contributed by atoms with Gasteiger partial charge in [0.25, 0.3) is 5.56 Å². The molecule has 4 aromatic rings. The summed E-state index contributed by atoms with van der Waals surface area (Å²) in [4.78, 5) is 19.5. The Morgan fingerprint density at radius 2 is 1.90 bits per heavy atom. The molecule has 5 rings (SSSR count). The minimum absolute atomic E-state index is 0.0260. The molecule has 6 heteroatoms. The van der Waals surface area contributed by atoms with E-state index in [1.54, 1.807) is 21.8 Å². The number of thiazole rings is 1. The molecule has 5 nitrogen and oxygen atoms in total. The van der Waals surface area contributed by atoms with Gasteiger partial charge in [-0.15, -0.1) is 11.3 Å². The van der Waals surface area contributed by atoms with Crippen molar-refractivity contribution in [3.8, 4) is 11.5 Å². The molecule has 0 aliphatic heterocycles. The van der Waals surface area contributed by atoms with Gasteiger partial charge in [-0.3, -0.25) is 9.20 Å². The molecule has 0 unspecified atom stereocenters. The van der Waals surface area contributed by atoms with Crippen LogP contribution in [0.5, 0.6) is 11.5 Å². The first-order chi connectivity index (χ1) is 14.7. The molecular formula is C24H23N3O2S. The highest BCUT2D eigenvalue weighted by Crippen LogP contribution is 2.28. The zero-order valence-electron chi connectivity index (χ0n) is 16.9. The number of hydrogen-bond donors (Lipinski definition) is 1. The van der Waals surface area contributed by atoms with E-state index in [1.165, 1.54) is 17.0 Å². The predicted octanol–water partition coefficient (Wildman–Crippen LogP) is 5.35. The van der Waals surface area contributed by atoms with Crippen LogP contribution in [0.2, 0.25) is 0 Å². The molecule has 1 N–H and O–H groups in total. The number of benzene rings is 2. The molecule has 0 bridgehead atoms. The van der Waals surface area contributed by atoms with Crippen molar-refractivity contribution in [1.29, 1.82) is 0 Å². The van der Waals surface area contributed by atoms with Crippen LogP contribution in [-0.4, -0.2) is 9.38 Å². The summed E-state index contributed by atoms with van der Waals surface area (Å²) in [7, 11) is 0. The van der Waals surface area contributed by atoms with Crippen LogP contribution in [0.4, 0.5) is 5.69 Å². The number of aryl methyl sites for hydroxylation is 3. The summed E-state index contributed by atoms with van der Waals surface area (Å²) in [6.07, 6.45) is 4.39. The number of anilines is 1. The Morgan fingerprint density at radius 3 is 2.73 bits per heavy atom. The standard InChI is InChI=1S/C24H23N3O2S/c1-16-5-4-6-20(13-16)29-19-11-9-17(10-12-19)25-15-18-14-23(28)27-21-7-2-3-8-22(21)30-24(27)26-18/h4-6,9-14,25H,2-3,7-8,15H2,1H3. The highest BCUT2D eigenvalue weighted by Gasteiger charge is 2.18. The van der Waals surface area contributed by atoms with Crippen molar-refractivity contribution in [2.24, 2.45) is 0 Å². The first kappa shape index (κ1) is 18.9. The smallest absolute Gasteiger partial charge is 0.259 e. The van der Waals surface area contributed by atoms with Crippen LogP contribution in [0.15, 0.2) is 59.4 Å². The van der Waals surface area contributed by atoms with Crippen LogP contribution in [0.3, 0.4) is 0 Å². The van der Waals surface area contributed by atoms with Crippen molar-refractivity contribution in [2.75, 3.05) is 5.32 Å². The number of rotatable bonds is 5. The maximum Gasteiger partial charge on any atom is 0.259 e. The summed E-state index contributed by atoms with van der Waals surface area (Å²) in [6.45, 7) is 2.55. The first-order valence-corrected chi connectivity index (χ1v) is 11.1. The van der Waals surface area contributed by atoms with Gasteiger partial charge in [-0.05, 0) is 74.6 Å². The van der Waals surface area contributed by atoms with Gasteiger partial charge in [0.2, 0.25) is 0 Å². The third-order valence-corrected chi connectivity index (χ3v) is 6.51. The number of aromatic nitrogens is 2. The molecule has 0 saturated heterocycles. The number of nitrogens with one attached hydrogen (secondary N) is 1. The molecule has 1 aliphatic carbocycles. The van der Waals surface area contributed by atoms with Crippen molar-refractivity contribution in [1.82, 2.24) is 9.38 Å². The Bertz CT molecular complexity index is 1260. The summed E-state index contributed by atoms with van der Waals surface area (Å²) >= 11 is 1.66. The molecule has 30 heavy (non-hydrogen) atoms. The molecule has 2 aromatic heterocycles. The fourth-order valence-corrected chi connectivity index (χ4v) is 5.11. The van der Waals surface area contributed by atoms with Crippen molar-refractivity contribution in [2.45, 2.75) is 39.2 Å². The van der Waals surface area contributed by atoms with E-state index in [4.69, 9.17) is 9.72 Å². The molecule has 1 aliphatic rings. The Kier molecular flexibility index (Phi) is 5.01. The first-order valence-electron chi connectivity index (χ1n) is 10.3. The van der Waals surface area contributed by atoms with Crippen LogP contribution in [0, 0.1) is 6.92 Å². The molecule has 152 valence electrons. The zero-order valence-corrected chi connectivity index (χ0v) is 17.7. The summed E-state index contributed by atoms with van der Waals surface area (Å²) in [5.41, 5.74) is 4.08. The van der Waals surface area contributed by atoms with E-state index in [0.29, 0.717) is 6.54 Å². The second-order valence-electron chi connectivity index (χ2n) is 7.68. The molecule has 2 aromatic carbocycles. The molecular weight excluding hydrogens is 394 g/mol. The van der Waals surface area contributed by atoms with E-state index in [-0.39, 0.29) is 5.56 Å². The zero-order chi connectivity index (χ0) is 20.5. The average Bonchev–Trinajstić information content (AvgIpc) is 3.12. The van der Waals surface area contributed by atoms with Gasteiger partial charge in [-0.2, -0.15) is 0 Å². The second kappa shape index (κ2) is 7.95. The second-order valence-corrected chi connectivity index (χ2v) is 8.74. The van der Waals surface area contributed by atoms with Crippen LogP contribution in [-0.2, 0) is 19.4 Å². The Morgan fingerprint density at radius 1 is 1.07 bits per heavy atom. The lowest BCUT2D eigenvalue weighted by Gasteiger charge is -2.10. The van der Waals surface area contributed by atoms with Gasteiger partial charge in [0.05, 0.1) is 12.2 Å². The quantitative estimate of drug-likeness (QED) is 0.476. The number of nitrogens with zero attached hydrogens (tertiary/aromatic N) is 2. The summed E-state index contributed by atoms with van der Waals surface area (Å²) in [6, 6.07) is 17.4. The van der Waals surface area contributed by atoms with Crippen LogP contribution in [0.1, 0.15) is 34.7 Å². The van der Waals surface area contributed by atoms with E-state index in [9.17, 15) is 4.79 Å². The third kappa shape index (κ3) is 3.83. The van der Waals surface area contributed by atoms with Crippen molar-refractivity contribution < 1.29 is 4.74 Å². The minimum atomic E-state index is 0.0260. The molecule has 0 fully saturated rings. The van der Waals surface area contributed by atoms with Crippen molar-refractivity contribution >= 4 is 22.0 Å². The van der Waals surface area contributed by atoms with Gasteiger partial charge >= 0.3 is 0 Å². The van der Waals surface area contributed by atoms with Crippen molar-refractivity contribution in [3.63, 3.8) is 0 Å². The van der Waals surface area contributed by atoms with Gasteiger partial charge in [-0.25, -0.2) is 4.98 Å². The van der Waals surface area contributed by atoms with Gasteiger partial charge in [0.1, 0.15) is 11.5 Å². The number of ether oxygens (including phenoxy) is 1. The normalized spacial score (nSPS) is 13.2. The third-order valence-electron chi connectivity index (χ3n) is 5.37. The largest absolute Gasteiger partial charge is 0.457 e. The lowest BCUT2D eigenvalue weighted by molar-refractivity contribution is 0.482. The monoisotopic (exact) mass is 417 g/mol. The van der Waals surface area contributed by atoms with Crippen LogP contribution in [0.25, 0.3) is 4.96 Å². The molecule has 0 amide bonds. The Labute approximate surface area is 179 Å². The van der Waals surface area contributed by atoms with Gasteiger partial charge < -0.3 is 10.1 Å². The highest BCUT2D eigenvalue weighted by atomic mass is 32.1. The van der Waals surface area contributed by atoms with Gasteiger partial charge in [0.15, 0.2) is 4.96 Å². The summed E-state index contributed by atoms with van der Waals surface area (Å²) < 4.78 is 7.70. The summed E-state index contributed by atoms with van der Waals surface area (Å²) in [5.74, 6) is 1.61. The number of fused-ring (bicyclic) bond motifs is 3. The summed E-state index contributed by atoms with van der Waals surface area (Å²) in [5, 5.41) is 3.35. The molecule has 0 atom stereocenters. The Balaban J connectivity index is 1.29. The maximum atomic E-state index is 12.7. The molecule has 0 radical (unpaired) electrons. The predicted molar refractivity (Wildman–Crippen MR) is 121 cm³/mol. The van der Waals surface area contributed by atoms with E-state index in [1.807, 2.05) is 55.5 Å². The van der Waals surface area contributed by atoms with Crippen LogP contribution < -0.4 is 15.6 Å². The maximum absolute atomic E-state index is 12.7.